The number of carbonyl (C=O) groups is 1. The minimum Gasteiger partial charge on any atom is -0.486 e. The number of rotatable bonds is 6. The standard InChI is InChI=1S/C16H23NO3/c1-3-9-17(4-2)16(18)8-6-13-5-7-14-15(12-13)20-11-10-19-14/h5,7,12H,3-4,6,8-11H2,1-2H3. The molecule has 0 unspecified atom stereocenters. The third-order valence-electron chi connectivity index (χ3n) is 3.46. The summed E-state index contributed by atoms with van der Waals surface area (Å²) < 4.78 is 11.0. The number of hydrogen-bond acceptors (Lipinski definition) is 3. The van der Waals surface area contributed by atoms with Crippen LogP contribution in [0.25, 0.3) is 0 Å². The highest BCUT2D eigenvalue weighted by atomic mass is 16.6. The van der Waals surface area contributed by atoms with Crippen LogP contribution in [-0.4, -0.2) is 37.1 Å². The van der Waals surface area contributed by atoms with Gasteiger partial charge in [-0.15, -0.1) is 0 Å². The summed E-state index contributed by atoms with van der Waals surface area (Å²) in [5.74, 6) is 1.82. The fourth-order valence-corrected chi connectivity index (χ4v) is 2.38. The van der Waals surface area contributed by atoms with Crippen molar-refractivity contribution in [3.05, 3.63) is 23.8 Å². The molecule has 0 saturated carbocycles. The molecule has 0 aliphatic carbocycles. The molecule has 4 nitrogen and oxygen atoms in total. The van der Waals surface area contributed by atoms with Crippen LogP contribution in [0, 0.1) is 0 Å². The smallest absolute Gasteiger partial charge is 0.222 e. The van der Waals surface area contributed by atoms with E-state index in [9.17, 15) is 4.79 Å². The van der Waals surface area contributed by atoms with Crippen molar-refractivity contribution in [1.82, 2.24) is 4.90 Å². The molecule has 2 rings (SSSR count). The molecule has 0 bridgehead atoms. The average molecular weight is 277 g/mol. The molecule has 1 amide bonds. The Morgan fingerprint density at radius 2 is 1.95 bits per heavy atom. The Morgan fingerprint density at radius 1 is 1.20 bits per heavy atom. The summed E-state index contributed by atoms with van der Waals surface area (Å²) in [6.45, 7) is 6.95. The average Bonchev–Trinajstić information content (AvgIpc) is 2.50. The van der Waals surface area contributed by atoms with Gasteiger partial charge in [0.25, 0.3) is 0 Å². The quantitative estimate of drug-likeness (QED) is 0.802. The lowest BCUT2D eigenvalue weighted by Crippen LogP contribution is -2.31. The Labute approximate surface area is 120 Å². The molecule has 20 heavy (non-hydrogen) atoms. The van der Waals surface area contributed by atoms with Gasteiger partial charge in [0.15, 0.2) is 11.5 Å². The van der Waals surface area contributed by atoms with E-state index in [2.05, 4.69) is 6.92 Å². The molecule has 1 aliphatic heterocycles. The van der Waals surface area contributed by atoms with Gasteiger partial charge in [-0.1, -0.05) is 13.0 Å². The first-order chi connectivity index (χ1) is 9.74. The Balaban J connectivity index is 1.92. The number of aryl methyl sites for hydroxylation is 1. The fourth-order valence-electron chi connectivity index (χ4n) is 2.38. The third-order valence-corrected chi connectivity index (χ3v) is 3.46. The summed E-state index contributed by atoms with van der Waals surface area (Å²) in [6, 6.07) is 5.92. The fraction of sp³-hybridized carbons (Fsp3) is 0.562. The minimum absolute atomic E-state index is 0.226. The maximum atomic E-state index is 12.1. The number of hydrogen-bond donors (Lipinski definition) is 0. The van der Waals surface area contributed by atoms with Crippen molar-refractivity contribution in [2.45, 2.75) is 33.1 Å². The molecule has 1 aromatic rings. The molecule has 0 N–H and O–H groups in total. The van der Waals surface area contributed by atoms with Crippen molar-refractivity contribution in [2.24, 2.45) is 0 Å². The number of amides is 1. The second kappa shape index (κ2) is 7.17. The Kier molecular flexibility index (Phi) is 5.27. The van der Waals surface area contributed by atoms with Crippen LogP contribution in [0.15, 0.2) is 18.2 Å². The summed E-state index contributed by atoms with van der Waals surface area (Å²) >= 11 is 0. The minimum atomic E-state index is 0.226. The second-order valence-corrected chi connectivity index (χ2v) is 4.95. The first kappa shape index (κ1) is 14.7. The van der Waals surface area contributed by atoms with E-state index < -0.39 is 0 Å². The van der Waals surface area contributed by atoms with Gasteiger partial charge in [0, 0.05) is 19.5 Å². The highest BCUT2D eigenvalue weighted by Crippen LogP contribution is 2.31. The molecule has 0 atom stereocenters. The summed E-state index contributed by atoms with van der Waals surface area (Å²) in [4.78, 5) is 14.0. The van der Waals surface area contributed by atoms with Crippen LogP contribution in [-0.2, 0) is 11.2 Å². The van der Waals surface area contributed by atoms with Gasteiger partial charge in [-0.3, -0.25) is 4.79 Å². The Morgan fingerprint density at radius 3 is 2.65 bits per heavy atom. The van der Waals surface area contributed by atoms with E-state index in [4.69, 9.17) is 9.47 Å². The van der Waals surface area contributed by atoms with Crippen LogP contribution in [0.2, 0.25) is 0 Å². The molecule has 0 aromatic heterocycles. The maximum Gasteiger partial charge on any atom is 0.222 e. The van der Waals surface area contributed by atoms with Gasteiger partial charge in [-0.05, 0) is 37.5 Å². The second-order valence-electron chi connectivity index (χ2n) is 4.95. The maximum absolute atomic E-state index is 12.1. The van der Waals surface area contributed by atoms with Crippen LogP contribution in [0.3, 0.4) is 0 Å². The first-order valence-electron chi connectivity index (χ1n) is 7.41. The van der Waals surface area contributed by atoms with Crippen LogP contribution in [0.4, 0.5) is 0 Å². The lowest BCUT2D eigenvalue weighted by molar-refractivity contribution is -0.131. The summed E-state index contributed by atoms with van der Waals surface area (Å²) in [7, 11) is 0. The van der Waals surface area contributed by atoms with Crippen molar-refractivity contribution in [1.29, 1.82) is 0 Å². The van der Waals surface area contributed by atoms with Gasteiger partial charge in [0.2, 0.25) is 5.91 Å². The lowest BCUT2D eigenvalue weighted by atomic mass is 10.1. The third kappa shape index (κ3) is 3.65. The molecule has 110 valence electrons. The molecular weight excluding hydrogens is 254 g/mol. The van der Waals surface area contributed by atoms with E-state index in [1.165, 1.54) is 0 Å². The van der Waals surface area contributed by atoms with E-state index in [1.807, 2.05) is 30.0 Å². The van der Waals surface area contributed by atoms with E-state index >= 15 is 0 Å². The van der Waals surface area contributed by atoms with Gasteiger partial charge in [-0.2, -0.15) is 0 Å². The predicted molar refractivity (Wildman–Crippen MR) is 78.3 cm³/mol. The summed E-state index contributed by atoms with van der Waals surface area (Å²) in [5, 5.41) is 0. The zero-order chi connectivity index (χ0) is 14.4. The Bertz CT molecular complexity index is 459. The molecule has 1 aliphatic rings. The number of nitrogens with zero attached hydrogens (tertiary/aromatic N) is 1. The number of carbonyl (C=O) groups excluding carboxylic acids is 1. The van der Waals surface area contributed by atoms with Crippen molar-refractivity contribution >= 4 is 5.91 Å². The van der Waals surface area contributed by atoms with E-state index in [0.29, 0.717) is 19.6 Å². The normalized spacial score (nSPS) is 13.1. The molecule has 0 radical (unpaired) electrons. The molecule has 1 aromatic carbocycles. The van der Waals surface area contributed by atoms with E-state index in [0.717, 1.165) is 43.0 Å². The highest BCUT2D eigenvalue weighted by Gasteiger charge is 2.14. The van der Waals surface area contributed by atoms with Crippen molar-refractivity contribution in [3.63, 3.8) is 0 Å². The SMILES string of the molecule is CCCN(CC)C(=O)CCc1ccc2c(c1)OCCO2. The van der Waals surface area contributed by atoms with Crippen LogP contribution < -0.4 is 9.47 Å². The van der Waals surface area contributed by atoms with E-state index in [1.54, 1.807) is 0 Å². The van der Waals surface area contributed by atoms with Gasteiger partial charge >= 0.3 is 0 Å². The molecule has 1 heterocycles. The van der Waals surface area contributed by atoms with Crippen LogP contribution in [0.1, 0.15) is 32.3 Å². The number of ether oxygens (including phenoxy) is 2. The van der Waals surface area contributed by atoms with E-state index in [-0.39, 0.29) is 5.91 Å². The molecule has 0 fully saturated rings. The van der Waals surface area contributed by atoms with Crippen LogP contribution in [0.5, 0.6) is 11.5 Å². The topological polar surface area (TPSA) is 38.8 Å². The van der Waals surface area contributed by atoms with Gasteiger partial charge in [-0.25, -0.2) is 0 Å². The zero-order valence-corrected chi connectivity index (χ0v) is 12.4. The van der Waals surface area contributed by atoms with Gasteiger partial charge < -0.3 is 14.4 Å². The Hall–Kier alpha value is -1.71. The van der Waals surface area contributed by atoms with Crippen molar-refractivity contribution in [3.8, 4) is 11.5 Å². The lowest BCUT2D eigenvalue weighted by Gasteiger charge is -2.21. The van der Waals surface area contributed by atoms with Crippen LogP contribution >= 0.6 is 0 Å². The number of fused-ring (bicyclic) bond motifs is 1. The molecular formula is C16H23NO3. The van der Waals surface area contributed by atoms with Crippen molar-refractivity contribution < 1.29 is 14.3 Å². The predicted octanol–water partition coefficient (Wildman–Crippen LogP) is 2.65. The zero-order valence-electron chi connectivity index (χ0n) is 12.4. The van der Waals surface area contributed by atoms with Gasteiger partial charge in [0.1, 0.15) is 13.2 Å². The highest BCUT2D eigenvalue weighted by molar-refractivity contribution is 5.76. The van der Waals surface area contributed by atoms with Crippen molar-refractivity contribution in [2.75, 3.05) is 26.3 Å². The summed E-state index contributed by atoms with van der Waals surface area (Å²) in [5.41, 5.74) is 1.12. The molecule has 4 heteroatoms. The van der Waals surface area contributed by atoms with Gasteiger partial charge in [0.05, 0.1) is 0 Å². The monoisotopic (exact) mass is 277 g/mol. The first-order valence-corrected chi connectivity index (χ1v) is 7.41. The molecule has 0 spiro atoms. The summed E-state index contributed by atoms with van der Waals surface area (Å²) in [6.07, 6.45) is 2.30. The largest absolute Gasteiger partial charge is 0.486 e. The molecule has 0 saturated heterocycles. The number of benzene rings is 1.